The molecule has 1 atom stereocenters. The molecule has 0 aliphatic heterocycles. The van der Waals surface area contributed by atoms with Gasteiger partial charge in [0.1, 0.15) is 0 Å². The molecule has 1 aliphatic rings. The van der Waals surface area contributed by atoms with E-state index in [1.807, 2.05) is 0 Å². The monoisotopic (exact) mass is 188 g/mol. The summed E-state index contributed by atoms with van der Waals surface area (Å²) in [7, 11) is 0. The minimum absolute atomic E-state index is 0.0201. The van der Waals surface area contributed by atoms with Gasteiger partial charge in [-0.15, -0.1) is 0 Å². The fourth-order valence-electron chi connectivity index (χ4n) is 1.15. The molecular formula is C6H10N3O2S-. The maximum Gasteiger partial charge on any atom is 0.0314 e. The lowest BCUT2D eigenvalue weighted by Gasteiger charge is -2.12. The molecular weight excluding hydrogens is 178 g/mol. The van der Waals surface area contributed by atoms with Crippen LogP contribution in [-0.4, -0.2) is 21.1 Å². The molecule has 0 aromatic heterocycles. The molecule has 1 unspecified atom stereocenters. The molecule has 6 heteroatoms. The van der Waals surface area contributed by atoms with E-state index in [1.165, 1.54) is 0 Å². The Morgan fingerprint density at radius 1 is 1.67 bits per heavy atom. The highest BCUT2D eigenvalue weighted by molar-refractivity contribution is 7.79. The summed E-state index contributed by atoms with van der Waals surface area (Å²) in [5.41, 5.74) is 8.09. The van der Waals surface area contributed by atoms with Gasteiger partial charge in [0.15, 0.2) is 0 Å². The van der Waals surface area contributed by atoms with Crippen molar-refractivity contribution in [1.29, 1.82) is 0 Å². The molecule has 1 saturated carbocycles. The maximum absolute atomic E-state index is 10.2. The van der Waals surface area contributed by atoms with Crippen LogP contribution in [0.15, 0.2) is 5.11 Å². The topological polar surface area (TPSA) is 88.9 Å². The van der Waals surface area contributed by atoms with E-state index in [9.17, 15) is 8.76 Å². The minimum Gasteiger partial charge on any atom is -0.772 e. The van der Waals surface area contributed by atoms with Crippen molar-refractivity contribution in [2.75, 3.05) is 12.3 Å². The lowest BCUT2D eigenvalue weighted by molar-refractivity contribution is 0.485. The van der Waals surface area contributed by atoms with Crippen molar-refractivity contribution in [2.24, 2.45) is 10.5 Å². The highest BCUT2D eigenvalue weighted by atomic mass is 32.2. The Bertz CT molecular complexity index is 233. The van der Waals surface area contributed by atoms with Crippen LogP contribution in [0.3, 0.4) is 0 Å². The van der Waals surface area contributed by atoms with E-state index in [1.54, 1.807) is 0 Å². The van der Waals surface area contributed by atoms with Gasteiger partial charge < -0.3 is 4.55 Å². The molecule has 0 bridgehead atoms. The second-order valence-corrected chi connectivity index (χ2v) is 4.16. The molecule has 68 valence electrons. The molecule has 1 fully saturated rings. The summed E-state index contributed by atoms with van der Waals surface area (Å²) in [4.78, 5) is 2.66. The third kappa shape index (κ3) is 2.81. The van der Waals surface area contributed by atoms with Crippen LogP contribution in [-0.2, 0) is 11.1 Å². The fourth-order valence-corrected chi connectivity index (χ4v) is 1.75. The summed E-state index contributed by atoms with van der Waals surface area (Å²) in [5.74, 6) is 0.181. The SMILES string of the molecule is [N-]=[N+]=NCC1(CCS(=O)[O-])CC1. The zero-order chi connectivity index (χ0) is 9.03. The summed E-state index contributed by atoms with van der Waals surface area (Å²) >= 11 is -1.96. The van der Waals surface area contributed by atoms with Gasteiger partial charge in [-0.1, -0.05) is 16.2 Å². The Morgan fingerprint density at radius 2 is 2.33 bits per heavy atom. The molecule has 0 N–H and O–H groups in total. The molecule has 1 rings (SSSR count). The number of hydrogen-bond acceptors (Lipinski definition) is 3. The number of rotatable bonds is 5. The first kappa shape index (κ1) is 9.51. The van der Waals surface area contributed by atoms with Gasteiger partial charge in [-0.3, -0.25) is 4.21 Å². The average Bonchev–Trinajstić information content (AvgIpc) is 2.79. The summed E-state index contributed by atoms with van der Waals surface area (Å²) < 4.78 is 20.5. The van der Waals surface area contributed by atoms with E-state index in [2.05, 4.69) is 10.0 Å². The van der Waals surface area contributed by atoms with Gasteiger partial charge in [0.25, 0.3) is 0 Å². The number of hydrogen-bond donors (Lipinski definition) is 0. The molecule has 0 amide bonds. The Morgan fingerprint density at radius 3 is 2.75 bits per heavy atom. The molecule has 0 heterocycles. The quantitative estimate of drug-likeness (QED) is 0.282. The average molecular weight is 188 g/mol. The van der Waals surface area contributed by atoms with Crippen LogP contribution < -0.4 is 0 Å². The largest absolute Gasteiger partial charge is 0.772 e. The summed E-state index contributed by atoms with van der Waals surface area (Å²) in [5, 5.41) is 3.46. The van der Waals surface area contributed by atoms with E-state index in [0.717, 1.165) is 12.8 Å². The first-order valence-corrected chi connectivity index (χ1v) is 5.00. The van der Waals surface area contributed by atoms with E-state index in [0.29, 0.717) is 13.0 Å². The normalized spacial score (nSPS) is 21.1. The predicted octanol–water partition coefficient (Wildman–Crippen LogP) is 1.35. The van der Waals surface area contributed by atoms with E-state index in [4.69, 9.17) is 5.53 Å². The van der Waals surface area contributed by atoms with Crippen molar-refractivity contribution >= 4 is 11.1 Å². The van der Waals surface area contributed by atoms with Crippen molar-refractivity contribution in [2.45, 2.75) is 19.3 Å². The summed E-state index contributed by atoms with van der Waals surface area (Å²) in [6, 6.07) is 0. The number of nitrogens with zero attached hydrogens (tertiary/aromatic N) is 3. The van der Waals surface area contributed by atoms with Crippen molar-refractivity contribution in [1.82, 2.24) is 0 Å². The van der Waals surface area contributed by atoms with E-state index < -0.39 is 11.1 Å². The third-order valence-electron chi connectivity index (χ3n) is 2.23. The smallest absolute Gasteiger partial charge is 0.0314 e. The first-order valence-electron chi connectivity index (χ1n) is 3.75. The van der Waals surface area contributed by atoms with Crippen LogP contribution in [0.4, 0.5) is 0 Å². The summed E-state index contributed by atoms with van der Waals surface area (Å²) in [6.07, 6.45) is 2.61. The van der Waals surface area contributed by atoms with Gasteiger partial charge in [-0.05, 0) is 30.2 Å². The van der Waals surface area contributed by atoms with Crippen molar-refractivity contribution in [3.63, 3.8) is 0 Å². The highest BCUT2D eigenvalue weighted by Gasteiger charge is 2.40. The van der Waals surface area contributed by atoms with Gasteiger partial charge in [-0.2, -0.15) is 0 Å². The Hall–Kier alpha value is -0.580. The molecule has 5 nitrogen and oxygen atoms in total. The molecule has 0 aromatic rings. The number of azide groups is 1. The lowest BCUT2D eigenvalue weighted by atomic mass is 10.1. The van der Waals surface area contributed by atoms with Crippen LogP contribution in [0.25, 0.3) is 10.4 Å². The molecule has 1 aliphatic carbocycles. The molecule has 0 radical (unpaired) electrons. The Kier molecular flexibility index (Phi) is 3.08. The second kappa shape index (κ2) is 3.89. The minimum atomic E-state index is -1.96. The second-order valence-electron chi connectivity index (χ2n) is 3.15. The lowest BCUT2D eigenvalue weighted by Crippen LogP contribution is -2.09. The van der Waals surface area contributed by atoms with Crippen molar-refractivity contribution < 1.29 is 8.76 Å². The van der Waals surface area contributed by atoms with Gasteiger partial charge in [0.2, 0.25) is 0 Å². The van der Waals surface area contributed by atoms with Gasteiger partial charge in [-0.25, -0.2) is 0 Å². The molecule has 0 saturated heterocycles. The van der Waals surface area contributed by atoms with E-state index in [-0.39, 0.29) is 11.2 Å². The molecule has 0 aromatic carbocycles. The van der Waals surface area contributed by atoms with Crippen LogP contribution in [0.1, 0.15) is 19.3 Å². The van der Waals surface area contributed by atoms with Crippen LogP contribution in [0.2, 0.25) is 0 Å². The Labute approximate surface area is 73.1 Å². The van der Waals surface area contributed by atoms with Crippen LogP contribution in [0, 0.1) is 5.41 Å². The highest BCUT2D eigenvalue weighted by Crippen LogP contribution is 2.49. The standard InChI is InChI=1S/C6H11N3O2S/c7-9-8-5-6(1-2-6)3-4-12(10)11/h1-5H2,(H,10,11)/p-1. The first-order chi connectivity index (χ1) is 5.68. The third-order valence-corrected chi connectivity index (χ3v) is 2.76. The van der Waals surface area contributed by atoms with E-state index >= 15 is 0 Å². The van der Waals surface area contributed by atoms with Crippen molar-refractivity contribution in [3.8, 4) is 0 Å². The zero-order valence-electron chi connectivity index (χ0n) is 6.60. The molecule has 0 spiro atoms. The summed E-state index contributed by atoms with van der Waals surface area (Å²) in [6.45, 7) is 0.445. The maximum atomic E-state index is 10.2. The van der Waals surface area contributed by atoms with Gasteiger partial charge >= 0.3 is 0 Å². The predicted molar refractivity (Wildman–Crippen MR) is 44.1 cm³/mol. The van der Waals surface area contributed by atoms with Crippen molar-refractivity contribution in [3.05, 3.63) is 10.4 Å². The van der Waals surface area contributed by atoms with Crippen LogP contribution >= 0.6 is 0 Å². The van der Waals surface area contributed by atoms with Gasteiger partial charge in [0.05, 0.1) is 0 Å². The zero-order valence-corrected chi connectivity index (χ0v) is 7.42. The fraction of sp³-hybridized carbons (Fsp3) is 1.00. The van der Waals surface area contributed by atoms with Gasteiger partial charge in [0, 0.05) is 17.2 Å². The molecule has 12 heavy (non-hydrogen) atoms. The van der Waals surface area contributed by atoms with Crippen LogP contribution in [0.5, 0.6) is 0 Å². The Balaban J connectivity index is 2.29.